The Bertz CT molecular complexity index is 369. The standard InChI is InChI=1S/C15H22BrNO/c1-13-7-4-5-10-17(13)11-6-12-18-15-9-3-2-8-14(15)16/h2-3,8-9,13H,4-7,10-12H2,1H3. The lowest BCUT2D eigenvalue weighted by Gasteiger charge is -2.33. The second-order valence-corrected chi connectivity index (χ2v) is 5.87. The highest BCUT2D eigenvalue weighted by atomic mass is 79.9. The second-order valence-electron chi connectivity index (χ2n) is 5.01. The zero-order valence-electron chi connectivity index (χ0n) is 11.1. The van der Waals surface area contributed by atoms with Crippen molar-refractivity contribution in [1.82, 2.24) is 4.90 Å². The maximum atomic E-state index is 5.79. The van der Waals surface area contributed by atoms with Crippen LogP contribution in [0.5, 0.6) is 5.75 Å². The van der Waals surface area contributed by atoms with Crippen LogP contribution in [0.3, 0.4) is 0 Å². The molecule has 3 heteroatoms. The summed E-state index contributed by atoms with van der Waals surface area (Å²) in [6, 6.07) is 8.79. The number of rotatable bonds is 5. The smallest absolute Gasteiger partial charge is 0.133 e. The quantitative estimate of drug-likeness (QED) is 0.759. The van der Waals surface area contributed by atoms with Gasteiger partial charge < -0.3 is 9.64 Å². The summed E-state index contributed by atoms with van der Waals surface area (Å²) in [5.41, 5.74) is 0. The Morgan fingerprint density at radius 2 is 2.17 bits per heavy atom. The maximum absolute atomic E-state index is 5.79. The number of benzene rings is 1. The van der Waals surface area contributed by atoms with Crippen LogP contribution in [-0.4, -0.2) is 30.6 Å². The van der Waals surface area contributed by atoms with Gasteiger partial charge in [0.25, 0.3) is 0 Å². The van der Waals surface area contributed by atoms with Crippen LogP contribution in [0.2, 0.25) is 0 Å². The molecule has 1 unspecified atom stereocenters. The fraction of sp³-hybridized carbons (Fsp3) is 0.600. The third-order valence-electron chi connectivity index (χ3n) is 3.62. The van der Waals surface area contributed by atoms with E-state index in [0.29, 0.717) is 0 Å². The molecule has 1 fully saturated rings. The summed E-state index contributed by atoms with van der Waals surface area (Å²) >= 11 is 3.50. The summed E-state index contributed by atoms with van der Waals surface area (Å²) in [6.45, 7) is 5.56. The van der Waals surface area contributed by atoms with Crippen LogP contribution < -0.4 is 4.74 Å². The predicted octanol–water partition coefficient (Wildman–Crippen LogP) is 4.09. The van der Waals surface area contributed by atoms with Crippen LogP contribution in [0.4, 0.5) is 0 Å². The lowest BCUT2D eigenvalue weighted by Crippen LogP contribution is -2.38. The monoisotopic (exact) mass is 311 g/mol. The Morgan fingerprint density at radius 3 is 2.94 bits per heavy atom. The zero-order chi connectivity index (χ0) is 12.8. The van der Waals surface area contributed by atoms with Gasteiger partial charge in [0, 0.05) is 12.6 Å². The summed E-state index contributed by atoms with van der Waals surface area (Å²) in [5, 5.41) is 0. The first-order valence-corrected chi connectivity index (χ1v) is 7.68. The van der Waals surface area contributed by atoms with E-state index < -0.39 is 0 Å². The van der Waals surface area contributed by atoms with Crippen molar-refractivity contribution in [2.24, 2.45) is 0 Å². The molecule has 0 spiro atoms. The van der Waals surface area contributed by atoms with Crippen LogP contribution in [0.25, 0.3) is 0 Å². The lowest BCUT2D eigenvalue weighted by molar-refractivity contribution is 0.148. The largest absolute Gasteiger partial charge is 0.492 e. The number of ether oxygens (including phenoxy) is 1. The van der Waals surface area contributed by atoms with Crippen molar-refractivity contribution in [2.75, 3.05) is 19.7 Å². The van der Waals surface area contributed by atoms with Gasteiger partial charge in [0.2, 0.25) is 0 Å². The van der Waals surface area contributed by atoms with Crippen molar-refractivity contribution in [1.29, 1.82) is 0 Å². The molecule has 2 nitrogen and oxygen atoms in total. The Kier molecular flexibility index (Phi) is 5.51. The summed E-state index contributed by atoms with van der Waals surface area (Å²) in [6.07, 6.45) is 5.21. The molecule has 0 radical (unpaired) electrons. The normalized spacial score (nSPS) is 20.9. The molecule has 1 atom stereocenters. The van der Waals surface area contributed by atoms with E-state index in [1.807, 2.05) is 24.3 Å². The van der Waals surface area contributed by atoms with Crippen LogP contribution in [0.15, 0.2) is 28.7 Å². The van der Waals surface area contributed by atoms with Crippen LogP contribution in [-0.2, 0) is 0 Å². The van der Waals surface area contributed by atoms with E-state index in [1.54, 1.807) is 0 Å². The lowest BCUT2D eigenvalue weighted by atomic mass is 10.0. The van der Waals surface area contributed by atoms with Gasteiger partial charge in [-0.15, -0.1) is 0 Å². The molecule has 0 N–H and O–H groups in total. The number of piperidine rings is 1. The number of hydrogen-bond donors (Lipinski definition) is 0. The molecule has 2 rings (SSSR count). The fourth-order valence-electron chi connectivity index (χ4n) is 2.50. The second kappa shape index (κ2) is 7.15. The van der Waals surface area contributed by atoms with Crippen molar-refractivity contribution in [2.45, 2.75) is 38.6 Å². The first-order chi connectivity index (χ1) is 8.77. The molecule has 0 aliphatic carbocycles. The molecular formula is C15H22BrNO. The highest BCUT2D eigenvalue weighted by molar-refractivity contribution is 9.10. The zero-order valence-corrected chi connectivity index (χ0v) is 12.7. The Morgan fingerprint density at radius 1 is 1.33 bits per heavy atom. The minimum atomic E-state index is 0.752. The van der Waals surface area contributed by atoms with E-state index in [0.717, 1.165) is 35.8 Å². The molecule has 18 heavy (non-hydrogen) atoms. The minimum Gasteiger partial charge on any atom is -0.492 e. The summed E-state index contributed by atoms with van der Waals surface area (Å²) in [4.78, 5) is 2.59. The van der Waals surface area contributed by atoms with Crippen molar-refractivity contribution in [3.05, 3.63) is 28.7 Å². The van der Waals surface area contributed by atoms with E-state index >= 15 is 0 Å². The van der Waals surface area contributed by atoms with E-state index in [1.165, 1.54) is 25.8 Å². The topological polar surface area (TPSA) is 12.5 Å². The highest BCUT2D eigenvalue weighted by Crippen LogP contribution is 2.24. The Hall–Kier alpha value is -0.540. The van der Waals surface area contributed by atoms with Crippen LogP contribution in [0, 0.1) is 0 Å². The number of halogens is 1. The van der Waals surface area contributed by atoms with Gasteiger partial charge in [0.15, 0.2) is 0 Å². The molecule has 0 amide bonds. The van der Waals surface area contributed by atoms with E-state index in [2.05, 4.69) is 27.8 Å². The average Bonchev–Trinajstić information content (AvgIpc) is 2.38. The Balaban J connectivity index is 1.68. The van der Waals surface area contributed by atoms with Crippen LogP contribution >= 0.6 is 15.9 Å². The molecule has 1 saturated heterocycles. The molecular weight excluding hydrogens is 290 g/mol. The third-order valence-corrected chi connectivity index (χ3v) is 4.28. The Labute approximate surface area is 118 Å². The molecule has 1 aliphatic heterocycles. The summed E-state index contributed by atoms with van der Waals surface area (Å²) in [5.74, 6) is 0.948. The molecule has 1 aliphatic rings. The van der Waals surface area contributed by atoms with Crippen molar-refractivity contribution in [3.8, 4) is 5.75 Å². The van der Waals surface area contributed by atoms with Gasteiger partial charge in [0.1, 0.15) is 5.75 Å². The first-order valence-electron chi connectivity index (χ1n) is 6.89. The third kappa shape index (κ3) is 3.99. The number of hydrogen-bond acceptors (Lipinski definition) is 2. The van der Waals surface area contributed by atoms with E-state index in [4.69, 9.17) is 4.74 Å². The molecule has 0 saturated carbocycles. The molecule has 1 aromatic carbocycles. The number of nitrogens with zero attached hydrogens (tertiary/aromatic N) is 1. The summed E-state index contributed by atoms with van der Waals surface area (Å²) in [7, 11) is 0. The van der Waals surface area contributed by atoms with Crippen LogP contribution in [0.1, 0.15) is 32.6 Å². The van der Waals surface area contributed by atoms with Gasteiger partial charge in [0.05, 0.1) is 11.1 Å². The molecule has 0 aromatic heterocycles. The van der Waals surface area contributed by atoms with Gasteiger partial charge in [-0.2, -0.15) is 0 Å². The van der Waals surface area contributed by atoms with Crippen molar-refractivity contribution >= 4 is 15.9 Å². The molecule has 100 valence electrons. The molecule has 1 heterocycles. The minimum absolute atomic E-state index is 0.752. The van der Waals surface area contributed by atoms with Crippen molar-refractivity contribution < 1.29 is 4.74 Å². The van der Waals surface area contributed by atoms with Gasteiger partial charge in [-0.3, -0.25) is 0 Å². The average molecular weight is 312 g/mol. The number of para-hydroxylation sites is 1. The maximum Gasteiger partial charge on any atom is 0.133 e. The summed E-state index contributed by atoms with van der Waals surface area (Å²) < 4.78 is 6.83. The molecule has 1 aromatic rings. The fourth-order valence-corrected chi connectivity index (χ4v) is 2.90. The SMILES string of the molecule is CC1CCCCN1CCCOc1ccccc1Br. The highest BCUT2D eigenvalue weighted by Gasteiger charge is 2.17. The van der Waals surface area contributed by atoms with Gasteiger partial charge in [-0.25, -0.2) is 0 Å². The first kappa shape index (κ1) is 13.9. The van der Waals surface area contributed by atoms with Crippen molar-refractivity contribution in [3.63, 3.8) is 0 Å². The molecule has 0 bridgehead atoms. The van der Waals surface area contributed by atoms with Gasteiger partial charge in [-0.05, 0) is 60.8 Å². The number of likely N-dealkylation sites (tertiary alicyclic amines) is 1. The van der Waals surface area contributed by atoms with E-state index in [9.17, 15) is 0 Å². The predicted molar refractivity (Wildman–Crippen MR) is 79.1 cm³/mol. The van der Waals surface area contributed by atoms with E-state index in [-0.39, 0.29) is 0 Å². The van der Waals surface area contributed by atoms with Gasteiger partial charge >= 0.3 is 0 Å². The van der Waals surface area contributed by atoms with Gasteiger partial charge in [-0.1, -0.05) is 18.6 Å².